The molecule has 1 N–H and O–H groups in total. The molecule has 1 aromatic heterocycles. The molecular formula is C24H29AsBrClFN5O2. The van der Waals surface area contributed by atoms with Crippen LogP contribution in [-0.2, 0) is 4.74 Å². The van der Waals surface area contributed by atoms with Crippen LogP contribution in [0.5, 0.6) is 0 Å². The first-order valence-electron chi connectivity index (χ1n) is 11.7. The number of fused-ring (bicyclic) bond motifs is 2. The number of carbonyl (C=O) groups excluding carboxylic acids is 1. The number of ether oxygens (including phenoxy) is 1. The monoisotopic (exact) mass is 627 g/mol. The van der Waals surface area contributed by atoms with Crippen molar-refractivity contribution in [2.24, 2.45) is 5.92 Å². The Kier molecular flexibility index (Phi) is 6.47. The van der Waals surface area contributed by atoms with Crippen molar-refractivity contribution in [3.05, 3.63) is 21.4 Å². The zero-order valence-electron chi connectivity index (χ0n) is 20.4. The Hall–Kier alpha value is -1.28. The molecule has 1 aliphatic carbocycles. The number of carbonyl (C=O) groups is 1. The number of halogens is 3. The summed E-state index contributed by atoms with van der Waals surface area (Å²) in [7, 11) is 4.13. The number of rotatable bonds is 4. The average molecular weight is 629 g/mol. The van der Waals surface area contributed by atoms with E-state index in [1.807, 2.05) is 25.7 Å². The van der Waals surface area contributed by atoms with Crippen LogP contribution in [0.25, 0.3) is 10.9 Å². The van der Waals surface area contributed by atoms with Gasteiger partial charge in [-0.25, -0.2) is 0 Å². The fraction of sp³-hybridized carbons (Fsp3) is 0.583. The van der Waals surface area contributed by atoms with Crippen molar-refractivity contribution in [1.82, 2.24) is 14.8 Å². The van der Waals surface area contributed by atoms with Crippen LogP contribution in [-0.4, -0.2) is 95.2 Å². The van der Waals surface area contributed by atoms with Gasteiger partial charge in [-0.05, 0) is 0 Å². The Balaban J connectivity index is 1.49. The van der Waals surface area contributed by atoms with Gasteiger partial charge < -0.3 is 0 Å². The predicted octanol–water partition coefficient (Wildman–Crippen LogP) is 3.75. The molecule has 11 heteroatoms. The maximum absolute atomic E-state index is 15.3. The standard InChI is InChI=1S/C24H29AsBrClFN5O2/c1-24(2,3)35-23(34)33-8-11-6-15(33)19(11)29-20-13-7-14(27)17(26)18(28)21(13)30-22(16(20)25)32-9-12(10-32)31(4)5/h7,11-12,15,19H,6,8-10H2,1-5H3,(H,29,30). The Morgan fingerprint density at radius 3 is 2.66 bits per heavy atom. The number of amides is 1. The molecule has 1 saturated carbocycles. The third kappa shape index (κ3) is 4.41. The molecule has 3 saturated heterocycles. The van der Waals surface area contributed by atoms with E-state index >= 15 is 4.39 Å². The fourth-order valence-electron chi connectivity index (χ4n) is 5.14. The quantitative estimate of drug-likeness (QED) is 0.412. The van der Waals surface area contributed by atoms with Crippen molar-refractivity contribution in [2.45, 2.75) is 50.9 Å². The first-order chi connectivity index (χ1) is 16.4. The van der Waals surface area contributed by atoms with Crippen molar-refractivity contribution in [1.29, 1.82) is 0 Å². The second-order valence-electron chi connectivity index (χ2n) is 10.9. The number of likely N-dealkylation sites (N-methyl/N-ethyl adjacent to an activating group) is 1. The van der Waals surface area contributed by atoms with Gasteiger partial charge in [-0.2, -0.15) is 0 Å². The number of nitrogens with one attached hydrogen (secondary N) is 1. The summed E-state index contributed by atoms with van der Waals surface area (Å²) in [4.78, 5) is 23.7. The second kappa shape index (κ2) is 8.93. The SMILES string of the molecule is CN(C)C1CN(c2nc3c(F)c(Br)c(Cl)cc3c(NC3C4CC3N(C(=O)OC(C)(C)C)C4)c2[As])C1. The van der Waals surface area contributed by atoms with E-state index in [9.17, 15) is 4.79 Å². The number of hydrogen-bond acceptors (Lipinski definition) is 6. The molecular weight excluding hydrogens is 600 g/mol. The van der Waals surface area contributed by atoms with E-state index in [0.717, 1.165) is 35.4 Å². The zero-order chi connectivity index (χ0) is 25.4. The van der Waals surface area contributed by atoms with Crippen LogP contribution in [0, 0.1) is 11.7 Å². The molecule has 188 valence electrons. The third-order valence-electron chi connectivity index (χ3n) is 7.20. The van der Waals surface area contributed by atoms with E-state index in [2.05, 4.69) is 62.0 Å². The van der Waals surface area contributed by atoms with Crippen molar-refractivity contribution in [2.75, 3.05) is 43.9 Å². The van der Waals surface area contributed by atoms with Crippen LogP contribution in [0.3, 0.4) is 0 Å². The Morgan fingerprint density at radius 1 is 1.34 bits per heavy atom. The van der Waals surface area contributed by atoms with Crippen LogP contribution in [0.2, 0.25) is 5.02 Å². The van der Waals surface area contributed by atoms with Crippen LogP contribution >= 0.6 is 27.5 Å². The summed E-state index contributed by atoms with van der Waals surface area (Å²) in [5.41, 5.74) is 0.537. The summed E-state index contributed by atoms with van der Waals surface area (Å²) >= 11 is 12.2. The molecule has 35 heavy (non-hydrogen) atoms. The minimum absolute atomic E-state index is 0.0336. The summed E-state index contributed by atoms with van der Waals surface area (Å²) in [6.07, 6.45) is 0.647. The predicted molar refractivity (Wildman–Crippen MR) is 142 cm³/mol. The number of hydrogen-bond donors (Lipinski definition) is 1. The molecule has 1 aromatic carbocycles. The molecule has 2 radical (unpaired) electrons. The van der Waals surface area contributed by atoms with Gasteiger partial charge in [0.05, 0.1) is 0 Å². The molecule has 4 heterocycles. The number of benzene rings is 1. The second-order valence-corrected chi connectivity index (χ2v) is 13.1. The fourth-order valence-corrected chi connectivity index (χ4v) is 6.42. The summed E-state index contributed by atoms with van der Waals surface area (Å²) in [5.74, 6) is 0.590. The van der Waals surface area contributed by atoms with Gasteiger partial charge in [-0.1, -0.05) is 0 Å². The van der Waals surface area contributed by atoms with E-state index in [-0.39, 0.29) is 28.2 Å². The topological polar surface area (TPSA) is 60.9 Å². The van der Waals surface area contributed by atoms with Crippen LogP contribution in [0.1, 0.15) is 27.2 Å². The minimum atomic E-state index is -0.541. The van der Waals surface area contributed by atoms with Gasteiger partial charge >= 0.3 is 228 Å². The van der Waals surface area contributed by atoms with Gasteiger partial charge in [0.1, 0.15) is 0 Å². The van der Waals surface area contributed by atoms with Crippen LogP contribution < -0.4 is 14.6 Å². The van der Waals surface area contributed by atoms with E-state index in [1.165, 1.54) is 0 Å². The summed E-state index contributed by atoms with van der Waals surface area (Å²) in [6, 6.07) is 2.28. The van der Waals surface area contributed by atoms with Crippen LogP contribution in [0.4, 0.5) is 20.7 Å². The molecule has 3 atom stereocenters. The summed E-state index contributed by atoms with van der Waals surface area (Å²) in [6.45, 7) is 7.93. The maximum atomic E-state index is 15.3. The Morgan fingerprint density at radius 2 is 2.03 bits per heavy atom. The Bertz CT molecular complexity index is 1200. The van der Waals surface area contributed by atoms with Crippen LogP contribution in [0.15, 0.2) is 10.5 Å². The molecule has 4 fully saturated rings. The van der Waals surface area contributed by atoms with Crippen molar-refractivity contribution >= 4 is 77.2 Å². The van der Waals surface area contributed by atoms with Gasteiger partial charge in [0, 0.05) is 0 Å². The average Bonchev–Trinajstić information content (AvgIpc) is 3.30. The summed E-state index contributed by atoms with van der Waals surface area (Å²) < 4.78 is 22.1. The molecule has 3 aliphatic heterocycles. The van der Waals surface area contributed by atoms with Gasteiger partial charge in [0.25, 0.3) is 0 Å². The first kappa shape index (κ1) is 25.4. The van der Waals surface area contributed by atoms with E-state index < -0.39 is 11.4 Å². The number of pyridine rings is 1. The molecule has 1 amide bonds. The molecule has 2 bridgehead atoms. The van der Waals surface area contributed by atoms with Gasteiger partial charge in [0.2, 0.25) is 0 Å². The third-order valence-corrected chi connectivity index (χ3v) is 9.39. The number of aromatic nitrogens is 1. The van der Waals surface area contributed by atoms with Crippen molar-refractivity contribution < 1.29 is 13.9 Å². The molecule has 7 nitrogen and oxygen atoms in total. The van der Waals surface area contributed by atoms with Gasteiger partial charge in [-0.15, -0.1) is 0 Å². The number of nitrogens with zero attached hydrogens (tertiary/aromatic N) is 4. The molecule has 6 rings (SSSR count). The molecule has 0 spiro atoms. The Labute approximate surface area is 227 Å². The van der Waals surface area contributed by atoms with E-state index in [4.69, 9.17) is 21.3 Å². The normalized spacial score (nSPS) is 24.1. The van der Waals surface area contributed by atoms with E-state index in [1.54, 1.807) is 6.07 Å². The zero-order valence-corrected chi connectivity index (χ0v) is 24.6. The first-order valence-corrected chi connectivity index (χ1v) is 13.8. The van der Waals surface area contributed by atoms with Crippen molar-refractivity contribution in [3.8, 4) is 0 Å². The van der Waals surface area contributed by atoms with Gasteiger partial charge in [-0.3, -0.25) is 0 Å². The van der Waals surface area contributed by atoms with Crippen molar-refractivity contribution in [3.63, 3.8) is 0 Å². The molecule has 3 unspecified atom stereocenters. The molecule has 4 aliphatic rings. The van der Waals surface area contributed by atoms with E-state index in [0.29, 0.717) is 28.9 Å². The van der Waals surface area contributed by atoms with Gasteiger partial charge in [0.15, 0.2) is 0 Å². The number of anilines is 2. The molecule has 2 aromatic rings. The summed E-state index contributed by atoms with van der Waals surface area (Å²) in [5, 5.41) is 4.60.